The third-order valence-electron chi connectivity index (χ3n) is 5.58. The summed E-state index contributed by atoms with van der Waals surface area (Å²) in [6.07, 6.45) is 3.84. The van der Waals surface area contributed by atoms with E-state index in [0.29, 0.717) is 0 Å². The molecule has 2 heterocycles. The molecule has 0 bridgehead atoms. The Morgan fingerprint density at radius 1 is 0.962 bits per heavy atom. The molecule has 2 saturated heterocycles. The lowest BCUT2D eigenvalue weighted by Gasteiger charge is -2.34. The summed E-state index contributed by atoms with van der Waals surface area (Å²) < 4.78 is 0. The quantitative estimate of drug-likeness (QED) is 0.389. The van der Waals surface area contributed by atoms with Crippen LogP contribution in [0.4, 0.5) is 0 Å². The first-order chi connectivity index (χ1) is 12.6. The summed E-state index contributed by atoms with van der Waals surface area (Å²) in [5, 5.41) is 6.82. The largest absolute Gasteiger partial charge is 0.356 e. The second-order valence-corrected chi connectivity index (χ2v) is 7.65. The maximum atomic E-state index is 11.4. The number of hydrogen-bond acceptors (Lipinski definition) is 4. The molecule has 0 unspecified atom stereocenters. The van der Waals surface area contributed by atoms with E-state index >= 15 is 0 Å². The van der Waals surface area contributed by atoms with Crippen molar-refractivity contribution in [2.24, 2.45) is 10.9 Å². The number of rotatable bonds is 7. The highest BCUT2D eigenvalue weighted by atomic mass is 16.2. The number of guanidine groups is 1. The lowest BCUT2D eigenvalue weighted by Crippen LogP contribution is -2.50. The van der Waals surface area contributed by atoms with Crippen molar-refractivity contribution in [1.29, 1.82) is 0 Å². The maximum Gasteiger partial charge on any atom is 0.219 e. The molecule has 0 saturated carbocycles. The molecular formula is C19H38N6O. The van der Waals surface area contributed by atoms with Gasteiger partial charge < -0.3 is 20.4 Å². The monoisotopic (exact) mass is 366 g/mol. The Bertz CT molecular complexity index is 439. The summed E-state index contributed by atoms with van der Waals surface area (Å²) in [4.78, 5) is 22.6. The molecule has 2 fully saturated rings. The van der Waals surface area contributed by atoms with Gasteiger partial charge in [-0.25, -0.2) is 0 Å². The van der Waals surface area contributed by atoms with E-state index < -0.39 is 0 Å². The average Bonchev–Trinajstić information content (AvgIpc) is 2.65. The average molecular weight is 367 g/mol. The van der Waals surface area contributed by atoms with Crippen molar-refractivity contribution < 1.29 is 4.79 Å². The molecule has 0 radical (unpaired) electrons. The lowest BCUT2D eigenvalue weighted by atomic mass is 9.99. The number of carbonyl (C=O) groups excluding carboxylic acids is 1. The van der Waals surface area contributed by atoms with Gasteiger partial charge in [0.05, 0.1) is 0 Å². The van der Waals surface area contributed by atoms with Crippen molar-refractivity contribution >= 4 is 11.9 Å². The van der Waals surface area contributed by atoms with Crippen molar-refractivity contribution in [3.05, 3.63) is 0 Å². The van der Waals surface area contributed by atoms with Crippen molar-refractivity contribution in [3.8, 4) is 0 Å². The van der Waals surface area contributed by atoms with E-state index in [1.54, 1.807) is 6.92 Å². The second kappa shape index (κ2) is 11.4. The first kappa shape index (κ1) is 21.0. The molecule has 2 aliphatic rings. The van der Waals surface area contributed by atoms with Crippen molar-refractivity contribution in [2.75, 3.05) is 72.5 Å². The van der Waals surface area contributed by atoms with Gasteiger partial charge in [0, 0.05) is 59.8 Å². The maximum absolute atomic E-state index is 11.4. The fourth-order valence-electron chi connectivity index (χ4n) is 3.63. The summed E-state index contributed by atoms with van der Waals surface area (Å²) >= 11 is 0. The molecule has 150 valence electrons. The van der Waals surface area contributed by atoms with E-state index in [1.807, 2.05) is 11.9 Å². The highest BCUT2D eigenvalue weighted by Gasteiger charge is 2.18. The topological polar surface area (TPSA) is 63.2 Å². The number of piperidine rings is 1. The van der Waals surface area contributed by atoms with E-state index in [2.05, 4.69) is 32.3 Å². The molecule has 7 nitrogen and oxygen atoms in total. The summed E-state index contributed by atoms with van der Waals surface area (Å²) in [5.74, 6) is 1.98. The van der Waals surface area contributed by atoms with Crippen LogP contribution in [0.1, 0.15) is 33.1 Å². The molecule has 7 heteroatoms. The zero-order valence-electron chi connectivity index (χ0n) is 17.0. The first-order valence-corrected chi connectivity index (χ1v) is 10.2. The molecule has 2 N–H and O–H groups in total. The molecule has 26 heavy (non-hydrogen) atoms. The highest BCUT2D eigenvalue weighted by molar-refractivity contribution is 5.79. The van der Waals surface area contributed by atoms with Crippen LogP contribution in [0.25, 0.3) is 0 Å². The molecule has 0 aromatic rings. The van der Waals surface area contributed by atoms with Crippen molar-refractivity contribution in [1.82, 2.24) is 25.3 Å². The summed E-state index contributed by atoms with van der Waals surface area (Å²) in [6, 6.07) is 0. The van der Waals surface area contributed by atoms with Crippen LogP contribution in [0.3, 0.4) is 0 Å². The molecule has 2 rings (SSSR count). The molecule has 0 aromatic heterocycles. The van der Waals surface area contributed by atoms with Crippen LogP contribution >= 0.6 is 0 Å². The van der Waals surface area contributed by atoms with E-state index in [4.69, 9.17) is 0 Å². The van der Waals surface area contributed by atoms with Gasteiger partial charge in [0.1, 0.15) is 0 Å². The van der Waals surface area contributed by atoms with Crippen LogP contribution in [0.5, 0.6) is 0 Å². The highest BCUT2D eigenvalue weighted by Crippen LogP contribution is 2.15. The first-order valence-electron chi connectivity index (χ1n) is 10.2. The van der Waals surface area contributed by atoms with Crippen LogP contribution in [-0.4, -0.2) is 99.1 Å². The molecule has 0 aromatic carbocycles. The van der Waals surface area contributed by atoms with E-state index in [0.717, 1.165) is 64.1 Å². The van der Waals surface area contributed by atoms with Gasteiger partial charge in [0.2, 0.25) is 5.91 Å². The zero-order chi connectivity index (χ0) is 18.8. The van der Waals surface area contributed by atoms with E-state index in [-0.39, 0.29) is 5.91 Å². The Balaban J connectivity index is 1.51. The van der Waals surface area contributed by atoms with E-state index in [1.165, 1.54) is 32.5 Å². The number of hydrogen-bond donors (Lipinski definition) is 2. The number of carbonyl (C=O) groups is 1. The fraction of sp³-hybridized carbons (Fsp3) is 0.895. The predicted molar refractivity (Wildman–Crippen MR) is 108 cm³/mol. The zero-order valence-corrected chi connectivity index (χ0v) is 17.0. The molecule has 0 spiro atoms. The predicted octanol–water partition coefficient (Wildman–Crippen LogP) is 0.438. The Hall–Kier alpha value is -1.34. The SMILES string of the molecule is CN=C(NCCCN1CCC(C)CC1)NCCN1CCN(C(C)=O)CC1. The van der Waals surface area contributed by atoms with Gasteiger partial charge in [0.15, 0.2) is 5.96 Å². The van der Waals surface area contributed by atoms with Crippen LogP contribution in [0.2, 0.25) is 0 Å². The van der Waals surface area contributed by atoms with Crippen LogP contribution < -0.4 is 10.6 Å². The van der Waals surface area contributed by atoms with Crippen LogP contribution in [0, 0.1) is 5.92 Å². The van der Waals surface area contributed by atoms with Gasteiger partial charge in [-0.15, -0.1) is 0 Å². The Morgan fingerprint density at radius 2 is 1.58 bits per heavy atom. The van der Waals surface area contributed by atoms with Gasteiger partial charge >= 0.3 is 0 Å². The summed E-state index contributed by atoms with van der Waals surface area (Å²) in [6.45, 7) is 14.1. The molecule has 0 atom stereocenters. The standard InChI is InChI=1S/C19H38N6O/c1-17-5-10-23(11-6-17)9-4-7-21-19(20-3)22-8-12-24-13-15-25(16-14-24)18(2)26/h17H,4-16H2,1-3H3,(H2,20,21,22). The van der Waals surface area contributed by atoms with Crippen molar-refractivity contribution in [3.63, 3.8) is 0 Å². The van der Waals surface area contributed by atoms with Gasteiger partial charge in [0.25, 0.3) is 0 Å². The number of nitrogens with one attached hydrogen (secondary N) is 2. The minimum Gasteiger partial charge on any atom is -0.356 e. The van der Waals surface area contributed by atoms with Crippen LogP contribution in [-0.2, 0) is 4.79 Å². The Morgan fingerprint density at radius 3 is 2.19 bits per heavy atom. The number of amides is 1. The molecule has 2 aliphatic heterocycles. The van der Waals surface area contributed by atoms with Gasteiger partial charge in [-0.2, -0.15) is 0 Å². The minimum atomic E-state index is 0.187. The van der Waals surface area contributed by atoms with Gasteiger partial charge in [-0.1, -0.05) is 6.92 Å². The Labute approximate surface area is 159 Å². The van der Waals surface area contributed by atoms with Gasteiger partial charge in [-0.05, 0) is 44.8 Å². The fourth-order valence-corrected chi connectivity index (χ4v) is 3.63. The van der Waals surface area contributed by atoms with Crippen LogP contribution in [0.15, 0.2) is 4.99 Å². The lowest BCUT2D eigenvalue weighted by molar-refractivity contribution is -0.130. The molecule has 0 aliphatic carbocycles. The van der Waals surface area contributed by atoms with E-state index in [9.17, 15) is 4.79 Å². The van der Waals surface area contributed by atoms with Gasteiger partial charge in [-0.3, -0.25) is 14.7 Å². The normalized spacial score (nSPS) is 21.0. The third-order valence-corrected chi connectivity index (χ3v) is 5.58. The number of piperazine rings is 1. The Kier molecular flexibility index (Phi) is 9.18. The number of aliphatic imine (C=N–C) groups is 1. The number of likely N-dealkylation sites (tertiary alicyclic amines) is 1. The molecule has 1 amide bonds. The summed E-state index contributed by atoms with van der Waals surface area (Å²) in [7, 11) is 1.83. The number of nitrogens with zero attached hydrogens (tertiary/aromatic N) is 4. The second-order valence-electron chi connectivity index (χ2n) is 7.65. The minimum absolute atomic E-state index is 0.187. The smallest absolute Gasteiger partial charge is 0.219 e. The summed E-state index contributed by atoms with van der Waals surface area (Å²) in [5.41, 5.74) is 0. The third kappa shape index (κ3) is 7.50. The van der Waals surface area contributed by atoms with Crippen molar-refractivity contribution in [2.45, 2.75) is 33.1 Å². The molecular weight excluding hydrogens is 328 g/mol.